The van der Waals surface area contributed by atoms with Crippen LogP contribution in [0.4, 0.5) is 14.6 Å². The number of pyridine rings is 1. The Morgan fingerprint density at radius 2 is 2.15 bits per heavy atom. The summed E-state index contributed by atoms with van der Waals surface area (Å²) in [5, 5.41) is 12.6. The van der Waals surface area contributed by atoms with Crippen LogP contribution < -0.4 is 16.0 Å². The molecular weight excluding hydrogens is 464 g/mol. The Bertz CT molecular complexity index is 1230. The smallest absolute Gasteiger partial charge is 0.272 e. The molecule has 11 heteroatoms. The van der Waals surface area contributed by atoms with Gasteiger partial charge in [0.1, 0.15) is 5.82 Å². The number of hydrogen-bond donors (Lipinski definition) is 2. The number of amides is 1. The van der Waals surface area contributed by atoms with E-state index in [9.17, 15) is 13.6 Å². The molecule has 5 rings (SSSR count). The van der Waals surface area contributed by atoms with Gasteiger partial charge in [-0.05, 0) is 43.9 Å². The van der Waals surface area contributed by atoms with E-state index >= 15 is 0 Å². The van der Waals surface area contributed by atoms with Crippen molar-refractivity contribution in [3.63, 3.8) is 0 Å². The molecule has 0 aromatic carbocycles. The molecule has 3 aromatic heterocycles. The molecule has 1 amide bonds. The zero-order valence-corrected chi connectivity index (χ0v) is 19.5. The number of carbonyl (C=O) groups excluding carboxylic acids is 1. The lowest BCUT2D eigenvalue weighted by molar-refractivity contribution is 0.0804. The molecule has 1 saturated heterocycles. The minimum Gasteiger partial charge on any atom is -0.354 e. The highest BCUT2D eigenvalue weighted by molar-refractivity contribution is 6.35. The first-order chi connectivity index (χ1) is 16.3. The van der Waals surface area contributed by atoms with E-state index in [0.717, 1.165) is 17.7 Å². The summed E-state index contributed by atoms with van der Waals surface area (Å²) >= 11 is 6.30. The van der Waals surface area contributed by atoms with Crippen molar-refractivity contribution in [2.45, 2.75) is 51.2 Å². The SMILES string of the molecule is CCn1cc(Cl)c2cc(C(=O)NC3CCc4nc(N5CC(N)C(C(F)F)C5)ccc4C3)nnc21. The second-order valence-corrected chi connectivity index (χ2v) is 9.39. The van der Waals surface area contributed by atoms with Crippen LogP contribution in [0.3, 0.4) is 0 Å². The summed E-state index contributed by atoms with van der Waals surface area (Å²) in [5.74, 6) is -0.452. The van der Waals surface area contributed by atoms with E-state index in [1.165, 1.54) is 0 Å². The van der Waals surface area contributed by atoms with Gasteiger partial charge < -0.3 is 20.5 Å². The Balaban J connectivity index is 1.26. The van der Waals surface area contributed by atoms with Crippen molar-refractivity contribution in [2.75, 3.05) is 18.0 Å². The largest absolute Gasteiger partial charge is 0.354 e. The average molecular weight is 490 g/mol. The van der Waals surface area contributed by atoms with Crippen molar-refractivity contribution in [3.8, 4) is 0 Å². The van der Waals surface area contributed by atoms with Gasteiger partial charge in [0.2, 0.25) is 6.43 Å². The first-order valence-corrected chi connectivity index (χ1v) is 11.8. The van der Waals surface area contributed by atoms with Crippen molar-refractivity contribution in [3.05, 3.63) is 46.4 Å². The van der Waals surface area contributed by atoms with E-state index in [4.69, 9.17) is 22.3 Å². The summed E-state index contributed by atoms with van der Waals surface area (Å²) < 4.78 is 28.2. The molecule has 180 valence electrons. The van der Waals surface area contributed by atoms with Crippen molar-refractivity contribution in [1.29, 1.82) is 0 Å². The van der Waals surface area contributed by atoms with Gasteiger partial charge in [0.05, 0.1) is 10.9 Å². The van der Waals surface area contributed by atoms with Crippen molar-refractivity contribution in [2.24, 2.45) is 11.7 Å². The summed E-state index contributed by atoms with van der Waals surface area (Å²) in [6.45, 7) is 3.27. The van der Waals surface area contributed by atoms with Crippen molar-refractivity contribution >= 4 is 34.4 Å². The second-order valence-electron chi connectivity index (χ2n) is 8.99. The number of anilines is 1. The van der Waals surface area contributed by atoms with Crippen LogP contribution in [0.15, 0.2) is 24.4 Å². The molecule has 0 saturated carbocycles. The molecule has 34 heavy (non-hydrogen) atoms. The summed E-state index contributed by atoms with van der Waals surface area (Å²) in [4.78, 5) is 19.4. The van der Waals surface area contributed by atoms with Crippen LogP contribution >= 0.6 is 11.6 Å². The fourth-order valence-electron chi connectivity index (χ4n) is 4.86. The maximum Gasteiger partial charge on any atom is 0.272 e. The molecule has 3 N–H and O–H groups in total. The van der Waals surface area contributed by atoms with Crippen LogP contribution in [-0.2, 0) is 19.4 Å². The van der Waals surface area contributed by atoms with Crippen LogP contribution in [0.1, 0.15) is 35.1 Å². The highest BCUT2D eigenvalue weighted by Crippen LogP contribution is 2.29. The molecule has 3 atom stereocenters. The number of aromatic nitrogens is 4. The normalized spacial score (nSPS) is 22.4. The van der Waals surface area contributed by atoms with Gasteiger partial charge in [0.25, 0.3) is 5.91 Å². The van der Waals surface area contributed by atoms with Gasteiger partial charge in [-0.1, -0.05) is 17.7 Å². The number of halogens is 3. The summed E-state index contributed by atoms with van der Waals surface area (Å²) in [6.07, 6.45) is 1.38. The van der Waals surface area contributed by atoms with Gasteiger partial charge in [0.15, 0.2) is 11.3 Å². The second kappa shape index (κ2) is 9.07. The molecule has 0 spiro atoms. The van der Waals surface area contributed by atoms with Crippen LogP contribution in [0, 0.1) is 5.92 Å². The Kier molecular flexibility index (Phi) is 6.11. The first kappa shape index (κ1) is 22.9. The fraction of sp³-hybridized carbons (Fsp3) is 0.478. The molecular formula is C23H26ClF2N7O. The monoisotopic (exact) mass is 489 g/mol. The topological polar surface area (TPSA) is 102 Å². The predicted molar refractivity (Wildman–Crippen MR) is 125 cm³/mol. The summed E-state index contributed by atoms with van der Waals surface area (Å²) in [5.41, 5.74) is 8.75. The zero-order valence-electron chi connectivity index (χ0n) is 18.7. The number of alkyl halides is 2. The number of hydrogen-bond acceptors (Lipinski definition) is 6. The third kappa shape index (κ3) is 4.20. The maximum atomic E-state index is 13.2. The third-order valence-corrected chi connectivity index (χ3v) is 7.09. The minimum atomic E-state index is -2.44. The highest BCUT2D eigenvalue weighted by atomic mass is 35.5. The fourth-order valence-corrected chi connectivity index (χ4v) is 5.12. The summed E-state index contributed by atoms with van der Waals surface area (Å²) in [7, 11) is 0. The minimum absolute atomic E-state index is 0.0655. The molecule has 1 aliphatic carbocycles. The quantitative estimate of drug-likeness (QED) is 0.571. The van der Waals surface area contributed by atoms with Gasteiger partial charge in [-0.25, -0.2) is 13.8 Å². The Labute approximate surface area is 200 Å². The molecule has 1 aliphatic heterocycles. The Morgan fingerprint density at radius 3 is 2.88 bits per heavy atom. The van der Waals surface area contributed by atoms with Gasteiger partial charge in [-0.15, -0.1) is 10.2 Å². The van der Waals surface area contributed by atoms with Crippen molar-refractivity contribution < 1.29 is 13.6 Å². The zero-order chi connectivity index (χ0) is 24.0. The number of nitrogens with two attached hydrogens (primary N) is 1. The molecule has 3 unspecified atom stereocenters. The highest BCUT2D eigenvalue weighted by Gasteiger charge is 2.37. The van der Waals surface area contributed by atoms with E-state index in [1.807, 2.05) is 28.5 Å². The average Bonchev–Trinajstić information content (AvgIpc) is 3.38. The third-order valence-electron chi connectivity index (χ3n) is 6.79. The van der Waals surface area contributed by atoms with E-state index < -0.39 is 18.4 Å². The van der Waals surface area contributed by atoms with Crippen LogP contribution in [0.5, 0.6) is 0 Å². The lowest BCUT2D eigenvalue weighted by Gasteiger charge is -2.26. The van der Waals surface area contributed by atoms with E-state index in [2.05, 4.69) is 15.5 Å². The number of carbonyl (C=O) groups is 1. The van der Waals surface area contributed by atoms with Gasteiger partial charge in [0, 0.05) is 49.0 Å². The molecule has 8 nitrogen and oxygen atoms in total. The first-order valence-electron chi connectivity index (χ1n) is 11.4. The van der Waals surface area contributed by atoms with Gasteiger partial charge in [-0.3, -0.25) is 4.79 Å². The molecule has 1 fully saturated rings. The summed E-state index contributed by atoms with van der Waals surface area (Å²) in [6, 6.07) is 4.86. The number of rotatable bonds is 5. The molecule has 0 radical (unpaired) electrons. The van der Waals surface area contributed by atoms with Gasteiger partial charge in [-0.2, -0.15) is 0 Å². The van der Waals surface area contributed by atoms with Crippen LogP contribution in [0.25, 0.3) is 11.0 Å². The van der Waals surface area contributed by atoms with Crippen molar-refractivity contribution in [1.82, 2.24) is 25.1 Å². The Hall–Kier alpha value is -2.85. The molecule has 4 heterocycles. The standard InChI is InChI=1S/C23H26ClF2N7O/c1-2-32-10-16(24)14-8-19(30-31-22(14)32)23(34)28-13-4-5-18-12(7-13)3-6-20(29-18)33-9-15(21(25)26)17(27)11-33/h3,6,8,10,13,15,17,21H,2,4-5,7,9,11,27H2,1H3,(H,28,34). The Morgan fingerprint density at radius 1 is 1.32 bits per heavy atom. The number of aryl methyl sites for hydroxylation is 2. The van der Waals surface area contributed by atoms with Crippen LogP contribution in [-0.4, -0.2) is 57.3 Å². The lowest BCUT2D eigenvalue weighted by Crippen LogP contribution is -2.39. The number of nitrogens with zero attached hydrogens (tertiary/aromatic N) is 5. The van der Waals surface area contributed by atoms with Crippen LogP contribution in [0.2, 0.25) is 5.02 Å². The lowest BCUT2D eigenvalue weighted by atomic mass is 9.91. The molecule has 2 aliphatic rings. The van der Waals surface area contributed by atoms with E-state index in [-0.39, 0.29) is 24.2 Å². The maximum absolute atomic E-state index is 13.2. The number of nitrogens with one attached hydrogen (secondary N) is 1. The van der Waals surface area contributed by atoms with E-state index in [1.54, 1.807) is 12.3 Å². The van der Waals surface area contributed by atoms with Gasteiger partial charge >= 0.3 is 0 Å². The predicted octanol–water partition coefficient (Wildman–Crippen LogP) is 2.82. The van der Waals surface area contributed by atoms with E-state index in [0.29, 0.717) is 47.8 Å². The molecule has 3 aromatic rings. The number of fused-ring (bicyclic) bond motifs is 2. The molecule has 0 bridgehead atoms.